The van der Waals surface area contributed by atoms with Gasteiger partial charge >= 0.3 is 0 Å². The number of nitrogens with one attached hydrogen (secondary N) is 1. The molecule has 0 spiro atoms. The van der Waals surface area contributed by atoms with E-state index in [1.165, 1.54) is 0 Å². The van der Waals surface area contributed by atoms with E-state index in [0.29, 0.717) is 6.61 Å². The smallest absolute Gasteiger partial charge is 0.249 e. The minimum Gasteiger partial charge on any atom is -0.365 e. The zero-order valence-corrected chi connectivity index (χ0v) is 11.6. The molecule has 0 fully saturated rings. The first-order chi connectivity index (χ1) is 9.10. The molecule has 2 atom stereocenters. The van der Waals surface area contributed by atoms with Crippen LogP contribution in [-0.2, 0) is 22.5 Å². The van der Waals surface area contributed by atoms with E-state index in [1.807, 2.05) is 13.1 Å². The van der Waals surface area contributed by atoms with Gasteiger partial charge in [-0.1, -0.05) is 6.08 Å². The molecule has 0 bridgehead atoms. The molecule has 19 heavy (non-hydrogen) atoms. The number of nitrogens with zero attached hydrogens (tertiary/aromatic N) is 2. The second-order valence-corrected chi connectivity index (χ2v) is 4.96. The van der Waals surface area contributed by atoms with E-state index in [4.69, 9.17) is 4.74 Å². The van der Waals surface area contributed by atoms with E-state index >= 15 is 0 Å². The Labute approximate surface area is 113 Å². The van der Waals surface area contributed by atoms with Gasteiger partial charge < -0.3 is 14.6 Å². The number of carbonyl (C=O) groups is 1. The summed E-state index contributed by atoms with van der Waals surface area (Å²) in [6, 6.07) is 0.156. The Kier molecular flexibility index (Phi) is 4.37. The van der Waals surface area contributed by atoms with Gasteiger partial charge in [0.2, 0.25) is 5.91 Å². The van der Waals surface area contributed by atoms with Crippen LogP contribution in [0.4, 0.5) is 0 Å². The highest BCUT2D eigenvalue weighted by atomic mass is 16.5. The number of aryl methyl sites for hydroxylation is 2. The Balaban J connectivity index is 1.87. The number of ether oxygens (including phenoxy) is 1. The summed E-state index contributed by atoms with van der Waals surface area (Å²) in [4.78, 5) is 16.4. The van der Waals surface area contributed by atoms with Gasteiger partial charge in [0, 0.05) is 25.2 Å². The monoisotopic (exact) mass is 263 g/mol. The summed E-state index contributed by atoms with van der Waals surface area (Å²) in [5, 5.41) is 3.03. The van der Waals surface area contributed by atoms with Gasteiger partial charge in [-0.2, -0.15) is 0 Å². The molecule has 2 rings (SSSR count). The summed E-state index contributed by atoms with van der Waals surface area (Å²) < 4.78 is 7.44. The summed E-state index contributed by atoms with van der Waals surface area (Å²) in [6.07, 6.45) is 5.07. The van der Waals surface area contributed by atoms with E-state index in [0.717, 1.165) is 30.9 Å². The van der Waals surface area contributed by atoms with Crippen molar-refractivity contribution >= 4 is 5.91 Å². The average molecular weight is 263 g/mol. The first kappa shape index (κ1) is 13.8. The standard InChI is InChI=1S/C14H21N3O2/c1-4-7-19-11(3)14(18)16-12-5-6-13-15-10(2)8-17(13)9-12/h4,8,11-12H,1,5-7,9H2,2-3H3,(H,16,18)/t11-,12+/m1/s1. The van der Waals surface area contributed by atoms with Gasteiger partial charge in [-0.25, -0.2) is 4.98 Å². The molecule has 0 radical (unpaired) electrons. The number of imidazole rings is 1. The highest BCUT2D eigenvalue weighted by molar-refractivity contribution is 5.80. The van der Waals surface area contributed by atoms with Gasteiger partial charge in [0.1, 0.15) is 11.9 Å². The molecule has 0 unspecified atom stereocenters. The number of fused-ring (bicyclic) bond motifs is 1. The van der Waals surface area contributed by atoms with Crippen LogP contribution in [0.5, 0.6) is 0 Å². The summed E-state index contributed by atoms with van der Waals surface area (Å²) in [5.41, 5.74) is 1.03. The van der Waals surface area contributed by atoms with Crippen LogP contribution < -0.4 is 5.32 Å². The molecule has 5 heteroatoms. The maximum absolute atomic E-state index is 11.9. The molecule has 5 nitrogen and oxygen atoms in total. The molecule has 104 valence electrons. The van der Waals surface area contributed by atoms with E-state index in [9.17, 15) is 4.79 Å². The fourth-order valence-electron chi connectivity index (χ4n) is 2.31. The summed E-state index contributed by atoms with van der Waals surface area (Å²) >= 11 is 0. The van der Waals surface area contributed by atoms with Gasteiger partial charge in [-0.15, -0.1) is 6.58 Å². The molecule has 2 heterocycles. The van der Waals surface area contributed by atoms with Crippen molar-refractivity contribution in [3.8, 4) is 0 Å². The van der Waals surface area contributed by atoms with Crippen LogP contribution in [0.1, 0.15) is 24.9 Å². The molecule has 1 aromatic rings. The van der Waals surface area contributed by atoms with Crippen LogP contribution >= 0.6 is 0 Å². The number of amides is 1. The number of carbonyl (C=O) groups excluding carboxylic acids is 1. The Hall–Kier alpha value is -1.62. The Bertz CT molecular complexity index is 467. The van der Waals surface area contributed by atoms with E-state index in [2.05, 4.69) is 21.4 Å². The number of hydrogen-bond acceptors (Lipinski definition) is 3. The molecule has 1 aromatic heterocycles. The minimum absolute atomic E-state index is 0.0628. The van der Waals surface area contributed by atoms with Crippen LogP contribution in [-0.4, -0.2) is 34.2 Å². The van der Waals surface area contributed by atoms with Crippen molar-refractivity contribution in [1.82, 2.24) is 14.9 Å². The van der Waals surface area contributed by atoms with Crippen molar-refractivity contribution in [2.24, 2.45) is 0 Å². The van der Waals surface area contributed by atoms with Gasteiger partial charge in [0.25, 0.3) is 0 Å². The van der Waals surface area contributed by atoms with Crippen LogP contribution in [0, 0.1) is 6.92 Å². The summed E-state index contributed by atoms with van der Waals surface area (Å²) in [7, 11) is 0. The Morgan fingerprint density at radius 3 is 3.32 bits per heavy atom. The molecule has 1 N–H and O–H groups in total. The van der Waals surface area contributed by atoms with E-state index < -0.39 is 6.10 Å². The van der Waals surface area contributed by atoms with Gasteiger partial charge in [-0.3, -0.25) is 4.79 Å². The number of aromatic nitrogens is 2. The third kappa shape index (κ3) is 3.44. The first-order valence-electron chi connectivity index (χ1n) is 6.65. The lowest BCUT2D eigenvalue weighted by atomic mass is 10.1. The zero-order chi connectivity index (χ0) is 13.8. The Morgan fingerprint density at radius 2 is 2.58 bits per heavy atom. The van der Waals surface area contributed by atoms with Crippen LogP contribution in [0.25, 0.3) is 0 Å². The van der Waals surface area contributed by atoms with Crippen molar-refractivity contribution in [2.75, 3.05) is 6.61 Å². The van der Waals surface area contributed by atoms with Crippen molar-refractivity contribution < 1.29 is 9.53 Å². The van der Waals surface area contributed by atoms with E-state index in [-0.39, 0.29) is 11.9 Å². The lowest BCUT2D eigenvalue weighted by Crippen LogP contribution is -2.45. The van der Waals surface area contributed by atoms with Gasteiger partial charge in [0.05, 0.1) is 12.3 Å². The third-order valence-corrected chi connectivity index (χ3v) is 3.29. The quantitative estimate of drug-likeness (QED) is 0.813. The topological polar surface area (TPSA) is 56.1 Å². The van der Waals surface area contributed by atoms with Gasteiger partial charge in [0.15, 0.2) is 0 Å². The summed E-state index contributed by atoms with van der Waals surface area (Å²) in [6.45, 7) is 8.50. The molecule has 1 aliphatic rings. The molecular formula is C14H21N3O2. The molecule has 0 aromatic carbocycles. The van der Waals surface area contributed by atoms with Crippen molar-refractivity contribution in [2.45, 2.75) is 45.4 Å². The average Bonchev–Trinajstić information content (AvgIpc) is 2.75. The molecular weight excluding hydrogens is 242 g/mol. The van der Waals surface area contributed by atoms with Gasteiger partial charge in [-0.05, 0) is 20.3 Å². The normalized spacial score (nSPS) is 19.6. The van der Waals surface area contributed by atoms with Crippen LogP contribution in [0.3, 0.4) is 0 Å². The van der Waals surface area contributed by atoms with E-state index in [1.54, 1.807) is 13.0 Å². The Morgan fingerprint density at radius 1 is 1.79 bits per heavy atom. The lowest BCUT2D eigenvalue weighted by Gasteiger charge is -2.25. The summed E-state index contributed by atoms with van der Waals surface area (Å²) in [5.74, 6) is 1.05. The van der Waals surface area contributed by atoms with Crippen molar-refractivity contribution in [1.29, 1.82) is 0 Å². The minimum atomic E-state index is -0.441. The predicted octanol–water partition coefficient (Wildman–Crippen LogP) is 1.21. The van der Waals surface area contributed by atoms with Crippen LogP contribution in [0.15, 0.2) is 18.9 Å². The predicted molar refractivity (Wildman–Crippen MR) is 72.8 cm³/mol. The van der Waals surface area contributed by atoms with Crippen molar-refractivity contribution in [3.63, 3.8) is 0 Å². The maximum Gasteiger partial charge on any atom is 0.249 e. The molecule has 1 aliphatic heterocycles. The lowest BCUT2D eigenvalue weighted by molar-refractivity contribution is -0.132. The third-order valence-electron chi connectivity index (χ3n) is 3.29. The fraction of sp³-hybridized carbons (Fsp3) is 0.571. The van der Waals surface area contributed by atoms with Crippen molar-refractivity contribution in [3.05, 3.63) is 30.4 Å². The van der Waals surface area contributed by atoms with Crippen LogP contribution in [0.2, 0.25) is 0 Å². The second-order valence-electron chi connectivity index (χ2n) is 4.96. The maximum atomic E-state index is 11.9. The fourth-order valence-corrected chi connectivity index (χ4v) is 2.31. The molecule has 0 aliphatic carbocycles. The number of rotatable bonds is 5. The highest BCUT2D eigenvalue weighted by Crippen LogP contribution is 2.15. The molecule has 0 saturated carbocycles. The SMILES string of the molecule is C=CCO[C@H](C)C(=O)N[C@H]1CCc2nc(C)cn2C1. The largest absolute Gasteiger partial charge is 0.365 e. The number of hydrogen-bond donors (Lipinski definition) is 1. The second kappa shape index (κ2) is 6.02. The zero-order valence-electron chi connectivity index (χ0n) is 11.6. The molecule has 0 saturated heterocycles. The highest BCUT2D eigenvalue weighted by Gasteiger charge is 2.23. The first-order valence-corrected chi connectivity index (χ1v) is 6.65. The molecule has 1 amide bonds.